The molecule has 2 aliphatic heterocycles. The van der Waals surface area contributed by atoms with Crippen molar-refractivity contribution in [2.24, 2.45) is 0 Å². The number of nitrogens with zero attached hydrogens (tertiary/aromatic N) is 4. The summed E-state index contributed by atoms with van der Waals surface area (Å²) in [6.45, 7) is 4.42. The molecule has 2 aromatic heterocycles. The van der Waals surface area contributed by atoms with Crippen LogP contribution >= 0.6 is 11.8 Å². The summed E-state index contributed by atoms with van der Waals surface area (Å²) in [5, 5.41) is 7.91. The van der Waals surface area contributed by atoms with Crippen LogP contribution in [0.15, 0.2) is 91.3 Å². The Hall–Kier alpha value is -5.09. The summed E-state index contributed by atoms with van der Waals surface area (Å²) in [6.07, 6.45) is 3.38. The van der Waals surface area contributed by atoms with Crippen molar-refractivity contribution >= 4 is 29.4 Å². The molecular formula is C35H31N5O4S. The fourth-order valence-electron chi connectivity index (χ4n) is 5.78. The third kappa shape index (κ3) is 5.64. The number of ether oxygens (including phenoxy) is 2. The summed E-state index contributed by atoms with van der Waals surface area (Å²) in [6, 6.07) is 25.7. The van der Waals surface area contributed by atoms with Crippen LogP contribution in [0.5, 0.6) is 11.5 Å². The van der Waals surface area contributed by atoms with Gasteiger partial charge in [0.2, 0.25) is 18.6 Å². The van der Waals surface area contributed by atoms with Gasteiger partial charge < -0.3 is 14.8 Å². The molecule has 2 aliphatic rings. The third-order valence-electron chi connectivity index (χ3n) is 7.96. The lowest BCUT2D eigenvalue weighted by Crippen LogP contribution is -2.42. The largest absolute Gasteiger partial charge is 0.454 e. The molecule has 3 aromatic carbocycles. The van der Waals surface area contributed by atoms with Crippen LogP contribution < -0.4 is 19.7 Å². The third-order valence-corrected chi connectivity index (χ3v) is 9.21. The second kappa shape index (κ2) is 12.1. The highest BCUT2D eigenvalue weighted by Crippen LogP contribution is 2.50. The van der Waals surface area contributed by atoms with Crippen LogP contribution in [-0.4, -0.2) is 45.7 Å². The fourth-order valence-corrected chi connectivity index (χ4v) is 6.97. The van der Waals surface area contributed by atoms with Gasteiger partial charge in [-0.25, -0.2) is 4.68 Å². The Kier molecular flexibility index (Phi) is 7.72. The van der Waals surface area contributed by atoms with Crippen LogP contribution in [0, 0.1) is 13.8 Å². The number of anilines is 1. The zero-order valence-corrected chi connectivity index (χ0v) is 25.7. The first-order chi connectivity index (χ1) is 22.0. The second-order valence-electron chi connectivity index (χ2n) is 11.1. The second-order valence-corrected chi connectivity index (χ2v) is 12.2. The minimum absolute atomic E-state index is 0.157. The van der Waals surface area contributed by atoms with Gasteiger partial charge in [0.1, 0.15) is 12.4 Å². The van der Waals surface area contributed by atoms with Crippen molar-refractivity contribution in [3.8, 4) is 28.4 Å². The van der Waals surface area contributed by atoms with E-state index in [1.165, 1.54) is 11.8 Å². The number of benzene rings is 3. The first kappa shape index (κ1) is 28.7. The number of hydrogen-bond donors (Lipinski definition) is 1. The molecule has 1 atom stereocenters. The van der Waals surface area contributed by atoms with Crippen molar-refractivity contribution in [3.63, 3.8) is 0 Å². The van der Waals surface area contributed by atoms with Crippen LogP contribution in [0.3, 0.4) is 0 Å². The molecule has 7 rings (SSSR count). The Labute approximate surface area is 265 Å². The van der Waals surface area contributed by atoms with E-state index in [4.69, 9.17) is 14.6 Å². The van der Waals surface area contributed by atoms with E-state index in [0.717, 1.165) is 44.8 Å². The van der Waals surface area contributed by atoms with Crippen molar-refractivity contribution < 1.29 is 19.1 Å². The van der Waals surface area contributed by atoms with E-state index in [2.05, 4.69) is 16.4 Å². The van der Waals surface area contributed by atoms with Crippen LogP contribution in [0.25, 0.3) is 16.9 Å². The molecule has 0 bridgehead atoms. The average Bonchev–Trinajstić information content (AvgIpc) is 3.65. The first-order valence-corrected chi connectivity index (χ1v) is 15.7. The zero-order valence-electron chi connectivity index (χ0n) is 24.9. The molecule has 0 radical (unpaired) electrons. The fraction of sp³-hybridized carbons (Fsp3) is 0.200. The number of hydrogen-bond acceptors (Lipinski definition) is 7. The van der Waals surface area contributed by atoms with Gasteiger partial charge in [-0.1, -0.05) is 54.1 Å². The maximum absolute atomic E-state index is 14.1. The highest BCUT2D eigenvalue weighted by molar-refractivity contribution is 8.00. The Bertz CT molecular complexity index is 1890. The van der Waals surface area contributed by atoms with Crippen LogP contribution in [-0.2, 0) is 16.1 Å². The standard InChI is InChI=1S/C35H31N5O4S/c1-22-8-10-27(23(2)16-22)40-35-32(33(38-40)25-6-4-3-5-7-25)34(26-9-11-28-29(17-26)44-21-43-28)45-20-31(42)39(35)19-30(41)37-18-24-12-14-36-15-13-24/h3-17,34H,18-21H2,1-2H3,(H,37,41)/t34-/m1/s1. The maximum atomic E-state index is 14.1. The van der Waals surface area contributed by atoms with E-state index < -0.39 is 0 Å². The highest BCUT2D eigenvalue weighted by Gasteiger charge is 2.38. The van der Waals surface area contributed by atoms with E-state index in [1.807, 2.05) is 91.3 Å². The van der Waals surface area contributed by atoms with E-state index in [-0.39, 0.29) is 36.2 Å². The number of fused-ring (bicyclic) bond motifs is 2. The molecule has 0 fully saturated rings. The number of carbonyl (C=O) groups excluding carboxylic acids is 2. The molecule has 5 aromatic rings. The zero-order chi connectivity index (χ0) is 30.9. The number of carbonyl (C=O) groups is 2. The van der Waals surface area contributed by atoms with E-state index in [9.17, 15) is 9.59 Å². The molecule has 0 saturated heterocycles. The number of rotatable bonds is 7. The van der Waals surface area contributed by atoms with Gasteiger partial charge in [0, 0.05) is 30.1 Å². The normalized spacial score (nSPS) is 15.5. The number of aryl methyl sites for hydroxylation is 2. The van der Waals surface area contributed by atoms with Gasteiger partial charge in [-0.15, -0.1) is 11.8 Å². The van der Waals surface area contributed by atoms with E-state index in [0.29, 0.717) is 23.9 Å². The molecule has 0 unspecified atom stereocenters. The monoisotopic (exact) mass is 617 g/mol. The van der Waals surface area contributed by atoms with Gasteiger partial charge in [-0.05, 0) is 60.9 Å². The van der Waals surface area contributed by atoms with Crippen molar-refractivity contribution in [1.29, 1.82) is 0 Å². The molecule has 0 saturated carbocycles. The lowest BCUT2D eigenvalue weighted by molar-refractivity contribution is -0.123. The quantitative estimate of drug-likeness (QED) is 0.248. The summed E-state index contributed by atoms with van der Waals surface area (Å²) in [5.74, 6) is 1.67. The molecule has 0 spiro atoms. The smallest absolute Gasteiger partial charge is 0.240 e. The van der Waals surface area contributed by atoms with E-state index >= 15 is 0 Å². The average molecular weight is 618 g/mol. The predicted molar refractivity (Wildman–Crippen MR) is 174 cm³/mol. The summed E-state index contributed by atoms with van der Waals surface area (Å²) in [5.41, 5.74) is 7.37. The van der Waals surface area contributed by atoms with Crippen molar-refractivity contribution in [2.75, 3.05) is 24.0 Å². The van der Waals surface area contributed by atoms with Gasteiger partial charge in [-0.2, -0.15) is 5.10 Å². The topological polar surface area (TPSA) is 98.6 Å². The summed E-state index contributed by atoms with van der Waals surface area (Å²) in [4.78, 5) is 33.2. The molecule has 45 heavy (non-hydrogen) atoms. The van der Waals surface area contributed by atoms with Gasteiger partial charge in [-0.3, -0.25) is 19.5 Å². The van der Waals surface area contributed by atoms with Gasteiger partial charge in [0.25, 0.3) is 0 Å². The number of aromatic nitrogens is 3. The summed E-state index contributed by atoms with van der Waals surface area (Å²) in [7, 11) is 0. The van der Waals surface area contributed by atoms with E-state index in [1.54, 1.807) is 17.3 Å². The lowest BCUT2D eigenvalue weighted by atomic mass is 9.99. The maximum Gasteiger partial charge on any atom is 0.240 e. The Balaban J connectivity index is 1.40. The number of nitrogens with one attached hydrogen (secondary N) is 1. The molecule has 4 heterocycles. The van der Waals surface area contributed by atoms with Crippen LogP contribution in [0.2, 0.25) is 0 Å². The molecule has 10 heteroatoms. The van der Waals surface area contributed by atoms with Gasteiger partial charge >= 0.3 is 0 Å². The lowest BCUT2D eigenvalue weighted by Gasteiger charge is -2.24. The molecule has 9 nitrogen and oxygen atoms in total. The van der Waals surface area contributed by atoms with Crippen LogP contribution in [0.4, 0.5) is 5.82 Å². The minimum atomic E-state index is -0.280. The molecule has 1 N–H and O–H groups in total. The number of amides is 2. The van der Waals surface area contributed by atoms with Gasteiger partial charge in [0.05, 0.1) is 22.4 Å². The highest BCUT2D eigenvalue weighted by atomic mass is 32.2. The summed E-state index contributed by atoms with van der Waals surface area (Å²) < 4.78 is 13.2. The Morgan fingerprint density at radius 1 is 0.978 bits per heavy atom. The molecule has 226 valence electrons. The Morgan fingerprint density at radius 3 is 2.58 bits per heavy atom. The SMILES string of the molecule is Cc1ccc(-n2nc(-c3ccccc3)c3c2N(CC(=O)NCc2ccncc2)C(=O)CS[C@@H]3c2ccc3c(c2)OCO3)c(C)c1. The number of pyridine rings is 1. The Morgan fingerprint density at radius 2 is 1.78 bits per heavy atom. The van der Waals surface area contributed by atoms with Crippen molar-refractivity contribution in [1.82, 2.24) is 20.1 Å². The minimum Gasteiger partial charge on any atom is -0.454 e. The van der Waals surface area contributed by atoms with Crippen molar-refractivity contribution in [2.45, 2.75) is 25.6 Å². The molecule has 0 aliphatic carbocycles. The first-order valence-electron chi connectivity index (χ1n) is 14.7. The summed E-state index contributed by atoms with van der Waals surface area (Å²) >= 11 is 1.52. The van der Waals surface area contributed by atoms with Crippen LogP contribution in [0.1, 0.15) is 33.1 Å². The van der Waals surface area contributed by atoms with Gasteiger partial charge in [0.15, 0.2) is 11.5 Å². The molecular weight excluding hydrogens is 586 g/mol. The number of thioether (sulfide) groups is 1. The molecule has 2 amide bonds. The van der Waals surface area contributed by atoms with Crippen molar-refractivity contribution in [3.05, 3.63) is 119 Å². The predicted octanol–water partition coefficient (Wildman–Crippen LogP) is 5.77.